The van der Waals surface area contributed by atoms with Gasteiger partial charge < -0.3 is 15.6 Å². The highest BCUT2D eigenvalue weighted by atomic mass is 31.1. The van der Waals surface area contributed by atoms with E-state index in [-0.39, 0.29) is 25.6 Å². The Morgan fingerprint density at radius 3 is 2.67 bits per heavy atom. The van der Waals surface area contributed by atoms with Gasteiger partial charge in [-0.3, -0.25) is 19.1 Å². The lowest BCUT2D eigenvalue weighted by molar-refractivity contribution is -0.145. The zero-order valence-corrected chi connectivity index (χ0v) is 16.3. The maximum atomic E-state index is 11.8. The molecule has 0 aliphatic rings. The van der Waals surface area contributed by atoms with E-state index in [1.807, 2.05) is 0 Å². The third-order valence-electron chi connectivity index (χ3n) is 3.40. The molecule has 0 amide bonds. The molecule has 1 aromatic rings. The summed E-state index contributed by atoms with van der Waals surface area (Å²) >= 11 is 0. The Bertz CT molecular complexity index is 748. The van der Waals surface area contributed by atoms with E-state index < -0.39 is 43.6 Å². The largest absolute Gasteiger partial charge is 0.613 e. The van der Waals surface area contributed by atoms with E-state index >= 15 is 0 Å². The molecular weight excluding hydrogens is 379 g/mol. The molecule has 1 rings (SSSR count). The van der Waals surface area contributed by atoms with Crippen molar-refractivity contribution in [2.75, 3.05) is 6.54 Å². The van der Waals surface area contributed by atoms with Gasteiger partial charge in [0.1, 0.15) is 12.6 Å². The Hall–Kier alpha value is -1.91. The molecule has 11 nitrogen and oxygen atoms in total. The van der Waals surface area contributed by atoms with Crippen LogP contribution in [0.5, 0.6) is 0 Å². The van der Waals surface area contributed by atoms with Gasteiger partial charge in [0, 0.05) is 24.8 Å². The van der Waals surface area contributed by atoms with E-state index in [1.54, 1.807) is 13.8 Å². The molecule has 0 aliphatic heterocycles. The number of aliphatic hydroxyl groups is 1. The molecule has 27 heavy (non-hydrogen) atoms. The highest BCUT2D eigenvalue weighted by Gasteiger charge is 2.29. The summed E-state index contributed by atoms with van der Waals surface area (Å²) in [5.74, 6) is -0.571. The summed E-state index contributed by atoms with van der Waals surface area (Å²) < 4.78 is 23.0. The van der Waals surface area contributed by atoms with Crippen molar-refractivity contribution in [2.24, 2.45) is 5.73 Å². The van der Waals surface area contributed by atoms with Gasteiger partial charge in [0.25, 0.3) is 5.56 Å². The van der Waals surface area contributed by atoms with Gasteiger partial charge in [-0.05, 0) is 31.8 Å². The number of aromatic nitrogens is 2. The first-order valence-electron chi connectivity index (χ1n) is 8.39. The smallest absolute Gasteiger partial charge is 0.462 e. The van der Waals surface area contributed by atoms with Crippen LogP contribution in [-0.4, -0.2) is 51.5 Å². The summed E-state index contributed by atoms with van der Waals surface area (Å²) in [5.41, 5.74) is 4.80. The van der Waals surface area contributed by atoms with Crippen LogP contribution in [0.1, 0.15) is 27.2 Å². The molecule has 0 aromatic carbocycles. The van der Waals surface area contributed by atoms with Gasteiger partial charge in [0.2, 0.25) is 0 Å². The van der Waals surface area contributed by atoms with Crippen LogP contribution < -0.4 is 22.1 Å². The monoisotopic (exact) mass is 405 g/mol. The van der Waals surface area contributed by atoms with Crippen molar-refractivity contribution in [1.82, 2.24) is 14.6 Å². The number of esters is 1. The van der Waals surface area contributed by atoms with Gasteiger partial charge in [-0.25, -0.2) is 4.79 Å². The molecule has 1 heterocycles. The molecule has 0 aliphatic carbocycles. The molecule has 4 atom stereocenters. The summed E-state index contributed by atoms with van der Waals surface area (Å²) in [6.07, 6.45) is -0.798. The number of ether oxygens (including phenoxy) is 1. The average molecular weight is 405 g/mol. The first-order valence-corrected chi connectivity index (χ1v) is 9.56. The third kappa shape index (κ3) is 9.03. The number of carbonyl (C=O) groups is 1. The molecule has 0 bridgehead atoms. The van der Waals surface area contributed by atoms with Crippen LogP contribution in [0.25, 0.3) is 0 Å². The number of H-pyrrole nitrogens is 1. The van der Waals surface area contributed by atoms with Crippen molar-refractivity contribution in [1.29, 1.82) is 0 Å². The van der Waals surface area contributed by atoms with E-state index in [0.717, 1.165) is 0 Å². The minimum atomic E-state index is -2.39. The fourth-order valence-electron chi connectivity index (χ4n) is 2.11. The third-order valence-corrected chi connectivity index (χ3v) is 4.34. The number of aliphatic hydroxyl groups excluding tert-OH is 1. The lowest BCUT2D eigenvalue weighted by Crippen LogP contribution is -2.39. The number of hydrogen-bond acceptors (Lipinski definition) is 8. The predicted octanol–water partition coefficient (Wildman–Crippen LogP) is -0.781. The first-order chi connectivity index (χ1) is 12.6. The maximum Gasteiger partial charge on any atom is 0.613 e. The first kappa shape index (κ1) is 23.1. The highest BCUT2D eigenvalue weighted by Crippen LogP contribution is 2.22. The molecule has 152 valence electrons. The zero-order valence-electron chi connectivity index (χ0n) is 15.5. The van der Waals surface area contributed by atoms with Crippen LogP contribution in [0.15, 0.2) is 21.9 Å². The number of carbonyl (C=O) groups excluding carboxylic acids is 1. The summed E-state index contributed by atoms with van der Waals surface area (Å²) in [4.78, 5) is 36.1. The van der Waals surface area contributed by atoms with Crippen molar-refractivity contribution < 1.29 is 23.7 Å². The quantitative estimate of drug-likeness (QED) is 0.273. The lowest BCUT2D eigenvalue weighted by Gasteiger charge is -2.19. The van der Waals surface area contributed by atoms with Gasteiger partial charge in [-0.2, -0.15) is 0 Å². The minimum absolute atomic E-state index is 0.0608. The minimum Gasteiger partial charge on any atom is -0.462 e. The summed E-state index contributed by atoms with van der Waals surface area (Å²) in [7, 11) is -2.39. The van der Waals surface area contributed by atoms with Crippen LogP contribution in [0, 0.1) is 0 Å². The molecule has 0 spiro atoms. The number of nitrogens with one attached hydrogen (secondary N) is 2. The van der Waals surface area contributed by atoms with Crippen LogP contribution in [-0.2, 0) is 25.2 Å². The molecule has 0 radical (unpaired) electrons. The second-order valence-corrected chi connectivity index (χ2v) is 7.31. The standard InChI is InChI=1S/C15H25N4O7P/c1-9(2)25-14(22)7-17-27(24)26-10(3)12(20)6-11(16)8-19-5-4-13(21)18-15(19)23/h4-5,9-12,20H,6-8,16H2,1-3H3,(H-,17,18,21,23,24)/p+1/t10-,11-,12?/m0/s1. The van der Waals surface area contributed by atoms with Crippen LogP contribution in [0.3, 0.4) is 0 Å². The fraction of sp³-hybridized carbons (Fsp3) is 0.667. The average Bonchev–Trinajstić information content (AvgIpc) is 2.54. The Morgan fingerprint density at radius 1 is 1.41 bits per heavy atom. The van der Waals surface area contributed by atoms with Gasteiger partial charge in [-0.15, -0.1) is 4.52 Å². The maximum absolute atomic E-state index is 11.8. The van der Waals surface area contributed by atoms with E-state index in [1.165, 1.54) is 23.8 Å². The molecule has 1 aromatic heterocycles. The summed E-state index contributed by atoms with van der Waals surface area (Å²) in [6.45, 7) is 4.68. The summed E-state index contributed by atoms with van der Waals surface area (Å²) in [5, 5.41) is 12.5. The van der Waals surface area contributed by atoms with Gasteiger partial charge in [0.15, 0.2) is 0 Å². The molecule has 5 N–H and O–H groups in total. The zero-order chi connectivity index (χ0) is 20.6. The second-order valence-electron chi connectivity index (χ2n) is 6.27. The molecule has 12 heteroatoms. The lowest BCUT2D eigenvalue weighted by atomic mass is 10.1. The fourth-order valence-corrected chi connectivity index (χ4v) is 2.88. The van der Waals surface area contributed by atoms with Crippen LogP contribution in [0.2, 0.25) is 0 Å². The highest BCUT2D eigenvalue weighted by molar-refractivity contribution is 7.36. The Balaban J connectivity index is 2.43. The van der Waals surface area contributed by atoms with E-state index in [9.17, 15) is 24.1 Å². The van der Waals surface area contributed by atoms with Crippen molar-refractivity contribution in [3.8, 4) is 0 Å². The van der Waals surface area contributed by atoms with Gasteiger partial charge in [0.05, 0.1) is 12.2 Å². The van der Waals surface area contributed by atoms with E-state index in [0.29, 0.717) is 0 Å². The Labute approximate surface area is 156 Å². The number of hydrogen-bond donors (Lipinski definition) is 4. The van der Waals surface area contributed by atoms with Gasteiger partial charge in [-0.1, -0.05) is 5.09 Å². The van der Waals surface area contributed by atoms with Crippen molar-refractivity contribution >= 4 is 14.1 Å². The molecular formula is C15H26N4O7P+. The second kappa shape index (κ2) is 11.1. The SMILES string of the molecule is CC(C)OC(=O)CN[P+](=O)O[C@@H](C)C(O)C[C@H](N)Cn1ccc(=O)[nH]c1=O. The van der Waals surface area contributed by atoms with Gasteiger partial charge >= 0.3 is 19.8 Å². The number of nitrogens with zero attached hydrogens (tertiary/aromatic N) is 1. The van der Waals surface area contributed by atoms with Crippen molar-refractivity contribution in [3.05, 3.63) is 33.1 Å². The van der Waals surface area contributed by atoms with E-state index in [2.05, 4.69) is 10.1 Å². The molecule has 0 fully saturated rings. The van der Waals surface area contributed by atoms with E-state index in [4.69, 9.17) is 15.0 Å². The topological polar surface area (TPSA) is 166 Å². The molecule has 0 saturated heterocycles. The summed E-state index contributed by atoms with van der Waals surface area (Å²) in [6, 6.07) is 0.582. The Kier molecular flexibility index (Phi) is 9.47. The number of nitrogens with two attached hydrogens (primary N) is 1. The van der Waals surface area contributed by atoms with Crippen LogP contribution >= 0.6 is 8.18 Å². The van der Waals surface area contributed by atoms with Crippen molar-refractivity contribution in [2.45, 2.75) is 58.1 Å². The van der Waals surface area contributed by atoms with Crippen molar-refractivity contribution in [3.63, 3.8) is 0 Å². The van der Waals surface area contributed by atoms with Crippen LogP contribution in [0.4, 0.5) is 0 Å². The number of aromatic amines is 1. The predicted molar refractivity (Wildman–Crippen MR) is 97.3 cm³/mol. The molecule has 2 unspecified atom stereocenters. The normalized spacial score (nSPS) is 15.3. The number of rotatable bonds is 11. The molecule has 0 saturated carbocycles. The Morgan fingerprint density at radius 2 is 2.07 bits per heavy atom.